The van der Waals surface area contributed by atoms with Gasteiger partial charge in [0.2, 0.25) is 0 Å². The summed E-state index contributed by atoms with van der Waals surface area (Å²) in [6.07, 6.45) is 3.87. The van der Waals surface area contributed by atoms with Crippen molar-refractivity contribution in [3.8, 4) is 5.75 Å². The van der Waals surface area contributed by atoms with Crippen molar-refractivity contribution in [3.63, 3.8) is 0 Å². The van der Waals surface area contributed by atoms with Crippen LogP contribution in [0.2, 0.25) is 5.02 Å². The maximum Gasteiger partial charge on any atom is 0.337 e. The molecule has 2 aromatic rings. The van der Waals surface area contributed by atoms with Gasteiger partial charge in [-0.05, 0) is 30.2 Å². The maximum absolute atomic E-state index is 11.2. The lowest BCUT2D eigenvalue weighted by molar-refractivity contribution is 0.0697. The zero-order valence-corrected chi connectivity index (χ0v) is 12.5. The number of fused-ring (bicyclic) bond motifs is 1. The van der Waals surface area contributed by atoms with Gasteiger partial charge in [-0.15, -0.1) is 0 Å². The molecule has 0 saturated carbocycles. The number of aromatic carboxylic acids is 1. The van der Waals surface area contributed by atoms with Crippen molar-refractivity contribution in [3.05, 3.63) is 52.8 Å². The van der Waals surface area contributed by atoms with E-state index in [0.29, 0.717) is 23.9 Å². The minimum absolute atomic E-state index is 0.221. The summed E-state index contributed by atoms with van der Waals surface area (Å²) in [5, 5.41) is 13.0. The summed E-state index contributed by atoms with van der Waals surface area (Å²) in [6.45, 7) is 1.24. The molecular weight excluding hydrogens is 304 g/mol. The zero-order valence-electron chi connectivity index (χ0n) is 11.8. The lowest BCUT2D eigenvalue weighted by Gasteiger charge is -2.26. The number of pyridine rings is 1. The smallest absolute Gasteiger partial charge is 0.337 e. The van der Waals surface area contributed by atoms with E-state index in [0.717, 1.165) is 17.7 Å². The van der Waals surface area contributed by atoms with Crippen molar-refractivity contribution in [2.24, 2.45) is 0 Å². The molecule has 1 unspecified atom stereocenters. The number of ether oxygens (including phenoxy) is 1. The molecule has 1 aromatic heterocycles. The Morgan fingerprint density at radius 3 is 3.14 bits per heavy atom. The number of rotatable bonds is 4. The molecule has 0 fully saturated rings. The number of carboxylic acid groups (broad SMARTS) is 1. The van der Waals surface area contributed by atoms with E-state index in [-0.39, 0.29) is 11.5 Å². The molecule has 0 bridgehead atoms. The Kier molecular flexibility index (Phi) is 4.15. The molecule has 2 heterocycles. The van der Waals surface area contributed by atoms with Gasteiger partial charge < -0.3 is 15.2 Å². The number of carboxylic acids is 1. The number of hydrogen-bond donors (Lipinski definition) is 2. The first-order chi connectivity index (χ1) is 10.6. The van der Waals surface area contributed by atoms with Crippen LogP contribution in [0, 0.1) is 0 Å². The van der Waals surface area contributed by atoms with Crippen molar-refractivity contribution in [1.82, 2.24) is 4.98 Å². The van der Waals surface area contributed by atoms with Crippen LogP contribution in [-0.4, -0.2) is 29.2 Å². The van der Waals surface area contributed by atoms with E-state index in [1.54, 1.807) is 0 Å². The third kappa shape index (κ3) is 2.99. The molecule has 0 aliphatic carbocycles. The SMILES string of the molecule is O=C(O)c1ccncc1NCC1CCOc2cc(Cl)ccc21. The molecule has 6 heteroatoms. The van der Waals surface area contributed by atoms with Gasteiger partial charge in [0.25, 0.3) is 0 Å². The summed E-state index contributed by atoms with van der Waals surface area (Å²) in [7, 11) is 0. The summed E-state index contributed by atoms with van der Waals surface area (Å²) in [5.74, 6) is 0.0714. The average molecular weight is 319 g/mol. The number of nitrogens with zero attached hydrogens (tertiary/aromatic N) is 1. The van der Waals surface area contributed by atoms with E-state index < -0.39 is 5.97 Å². The highest BCUT2D eigenvalue weighted by Gasteiger charge is 2.22. The van der Waals surface area contributed by atoms with E-state index in [4.69, 9.17) is 16.3 Å². The molecule has 0 saturated heterocycles. The highest BCUT2D eigenvalue weighted by molar-refractivity contribution is 6.30. The van der Waals surface area contributed by atoms with E-state index >= 15 is 0 Å². The molecule has 1 aliphatic rings. The van der Waals surface area contributed by atoms with Crippen molar-refractivity contribution >= 4 is 23.3 Å². The summed E-state index contributed by atoms with van der Waals surface area (Å²) in [6, 6.07) is 7.11. The average Bonchev–Trinajstić information content (AvgIpc) is 2.52. The number of halogens is 1. The van der Waals surface area contributed by atoms with Crippen LogP contribution in [-0.2, 0) is 0 Å². The summed E-state index contributed by atoms with van der Waals surface area (Å²) < 4.78 is 5.63. The highest BCUT2D eigenvalue weighted by Crippen LogP contribution is 2.35. The van der Waals surface area contributed by atoms with Gasteiger partial charge in [-0.25, -0.2) is 4.79 Å². The number of benzene rings is 1. The molecule has 0 spiro atoms. The molecule has 114 valence electrons. The summed E-state index contributed by atoms with van der Waals surface area (Å²) in [5.41, 5.74) is 1.83. The van der Waals surface area contributed by atoms with Crippen LogP contribution < -0.4 is 10.1 Å². The maximum atomic E-state index is 11.2. The molecular formula is C16H15ClN2O3. The standard InChI is InChI=1S/C16H15ClN2O3/c17-11-1-2-12-10(4-6-22-15(12)7-11)8-19-14-9-18-5-3-13(14)16(20)21/h1-3,5,7,9-10,19H,4,6,8H2,(H,20,21). The number of aromatic nitrogens is 1. The summed E-state index contributed by atoms with van der Waals surface area (Å²) in [4.78, 5) is 15.2. The third-order valence-corrected chi connectivity index (χ3v) is 3.96. The van der Waals surface area contributed by atoms with Crippen molar-refractivity contribution < 1.29 is 14.6 Å². The first-order valence-corrected chi connectivity index (χ1v) is 7.36. The summed E-state index contributed by atoms with van der Waals surface area (Å²) >= 11 is 5.98. The molecule has 0 radical (unpaired) electrons. The Hall–Kier alpha value is -2.27. The Morgan fingerprint density at radius 2 is 2.32 bits per heavy atom. The van der Waals surface area contributed by atoms with Crippen molar-refractivity contribution in [2.75, 3.05) is 18.5 Å². The third-order valence-electron chi connectivity index (χ3n) is 3.73. The molecule has 1 atom stereocenters. The van der Waals surface area contributed by atoms with Gasteiger partial charge in [0, 0.05) is 23.7 Å². The molecule has 3 rings (SSSR count). The van der Waals surface area contributed by atoms with Crippen LogP contribution in [0.25, 0.3) is 0 Å². The number of hydrogen-bond acceptors (Lipinski definition) is 4. The van der Waals surface area contributed by atoms with Gasteiger partial charge in [-0.1, -0.05) is 17.7 Å². The number of anilines is 1. The van der Waals surface area contributed by atoms with Gasteiger partial charge in [-0.3, -0.25) is 4.98 Å². The van der Waals surface area contributed by atoms with E-state index in [1.165, 1.54) is 18.5 Å². The minimum atomic E-state index is -0.968. The van der Waals surface area contributed by atoms with Gasteiger partial charge in [0.05, 0.1) is 24.1 Å². The highest BCUT2D eigenvalue weighted by atomic mass is 35.5. The van der Waals surface area contributed by atoms with Gasteiger partial charge in [-0.2, -0.15) is 0 Å². The second kappa shape index (κ2) is 6.23. The predicted molar refractivity (Wildman–Crippen MR) is 84.0 cm³/mol. The predicted octanol–water partition coefficient (Wildman–Crippen LogP) is 3.41. The second-order valence-electron chi connectivity index (χ2n) is 5.12. The minimum Gasteiger partial charge on any atom is -0.493 e. The van der Waals surface area contributed by atoms with E-state index in [9.17, 15) is 9.90 Å². The molecule has 2 N–H and O–H groups in total. The lowest BCUT2D eigenvalue weighted by Crippen LogP contribution is -2.21. The monoisotopic (exact) mass is 318 g/mol. The fourth-order valence-corrected chi connectivity index (χ4v) is 2.77. The number of nitrogens with one attached hydrogen (secondary N) is 1. The normalized spacial score (nSPS) is 16.5. The Morgan fingerprint density at radius 1 is 1.45 bits per heavy atom. The van der Waals surface area contributed by atoms with Crippen molar-refractivity contribution in [1.29, 1.82) is 0 Å². The second-order valence-corrected chi connectivity index (χ2v) is 5.56. The van der Waals surface area contributed by atoms with Crippen LogP contribution in [0.4, 0.5) is 5.69 Å². The molecule has 1 aliphatic heterocycles. The molecule has 1 aromatic carbocycles. The van der Waals surface area contributed by atoms with E-state index in [1.807, 2.05) is 18.2 Å². The topological polar surface area (TPSA) is 71.5 Å². The van der Waals surface area contributed by atoms with Crippen LogP contribution in [0.3, 0.4) is 0 Å². The van der Waals surface area contributed by atoms with Crippen LogP contribution >= 0.6 is 11.6 Å². The zero-order chi connectivity index (χ0) is 15.5. The van der Waals surface area contributed by atoms with E-state index in [2.05, 4.69) is 10.3 Å². The number of carbonyl (C=O) groups is 1. The Labute approximate surface area is 132 Å². The molecule has 5 nitrogen and oxygen atoms in total. The molecule has 0 amide bonds. The first kappa shape index (κ1) is 14.7. The first-order valence-electron chi connectivity index (χ1n) is 6.98. The van der Waals surface area contributed by atoms with Crippen LogP contribution in [0.1, 0.15) is 28.3 Å². The van der Waals surface area contributed by atoms with Gasteiger partial charge in [0.15, 0.2) is 0 Å². The van der Waals surface area contributed by atoms with Crippen molar-refractivity contribution in [2.45, 2.75) is 12.3 Å². The fraction of sp³-hybridized carbons (Fsp3) is 0.250. The molecule has 22 heavy (non-hydrogen) atoms. The van der Waals surface area contributed by atoms with Crippen LogP contribution in [0.15, 0.2) is 36.7 Å². The Bertz CT molecular complexity index is 706. The van der Waals surface area contributed by atoms with Gasteiger partial charge in [0.1, 0.15) is 5.75 Å². The quantitative estimate of drug-likeness (QED) is 0.904. The van der Waals surface area contributed by atoms with Gasteiger partial charge >= 0.3 is 5.97 Å². The van der Waals surface area contributed by atoms with Crippen LogP contribution in [0.5, 0.6) is 5.75 Å². The largest absolute Gasteiger partial charge is 0.493 e. The Balaban J connectivity index is 1.77. The fourth-order valence-electron chi connectivity index (χ4n) is 2.60. The lowest BCUT2D eigenvalue weighted by atomic mass is 9.93.